The number of nitrogens with one attached hydrogen (secondary N) is 1. The summed E-state index contributed by atoms with van der Waals surface area (Å²) in [5.41, 5.74) is -0.102. The average molecular weight is 279 g/mol. The summed E-state index contributed by atoms with van der Waals surface area (Å²) in [6, 6.07) is 6.83. The number of carbonyl (C=O) groups excluding carboxylic acids is 1. The largest absolute Gasteiger partial charge is 0.494 e. The van der Waals surface area contributed by atoms with Crippen molar-refractivity contribution in [1.29, 1.82) is 0 Å². The number of hydrogen-bond donors (Lipinski definition) is 2. The van der Waals surface area contributed by atoms with Crippen LogP contribution in [-0.4, -0.2) is 23.6 Å². The Balaban J connectivity index is 2.81. The van der Waals surface area contributed by atoms with Crippen molar-refractivity contribution in [2.75, 3.05) is 11.9 Å². The van der Waals surface area contributed by atoms with Crippen LogP contribution in [0.5, 0.6) is 5.75 Å². The Bertz CT molecular complexity index is 474. The standard InChI is InChI=1S/C15H21NO4/c1-5-20-11-8-6-10(7-9-11)16-13(17)12(14(18)19)15(2,3)4/h6-9,12H,5H2,1-4H3,(H,16,17)(H,18,19). The molecule has 0 aromatic heterocycles. The highest BCUT2D eigenvalue weighted by molar-refractivity contribution is 6.04. The van der Waals surface area contributed by atoms with Crippen molar-refractivity contribution in [3.8, 4) is 5.75 Å². The Morgan fingerprint density at radius 1 is 1.25 bits per heavy atom. The molecule has 1 atom stereocenters. The van der Waals surface area contributed by atoms with Crippen molar-refractivity contribution >= 4 is 17.6 Å². The van der Waals surface area contributed by atoms with E-state index in [-0.39, 0.29) is 0 Å². The van der Waals surface area contributed by atoms with Gasteiger partial charge in [0.2, 0.25) is 5.91 Å². The Labute approximate surface area is 118 Å². The zero-order valence-corrected chi connectivity index (χ0v) is 12.3. The summed E-state index contributed by atoms with van der Waals surface area (Å²) in [6.45, 7) is 7.63. The Morgan fingerprint density at radius 2 is 1.80 bits per heavy atom. The fraction of sp³-hybridized carbons (Fsp3) is 0.467. The first-order chi connectivity index (χ1) is 9.25. The average Bonchev–Trinajstić information content (AvgIpc) is 2.29. The lowest BCUT2D eigenvalue weighted by Gasteiger charge is -2.25. The summed E-state index contributed by atoms with van der Waals surface area (Å²) < 4.78 is 5.30. The summed E-state index contributed by atoms with van der Waals surface area (Å²) >= 11 is 0. The topological polar surface area (TPSA) is 75.6 Å². The van der Waals surface area contributed by atoms with E-state index >= 15 is 0 Å². The lowest BCUT2D eigenvalue weighted by Crippen LogP contribution is -2.39. The van der Waals surface area contributed by atoms with E-state index in [0.29, 0.717) is 18.0 Å². The second kappa shape index (κ2) is 6.41. The highest BCUT2D eigenvalue weighted by Crippen LogP contribution is 2.27. The molecular formula is C15H21NO4. The zero-order chi connectivity index (χ0) is 15.3. The molecule has 1 amide bonds. The molecule has 2 N–H and O–H groups in total. The van der Waals surface area contributed by atoms with E-state index in [1.807, 2.05) is 6.92 Å². The van der Waals surface area contributed by atoms with Gasteiger partial charge in [-0.15, -0.1) is 0 Å². The van der Waals surface area contributed by atoms with Gasteiger partial charge < -0.3 is 15.2 Å². The molecule has 0 heterocycles. The molecule has 0 aliphatic rings. The fourth-order valence-electron chi connectivity index (χ4n) is 1.89. The summed E-state index contributed by atoms with van der Waals surface area (Å²) in [4.78, 5) is 23.3. The van der Waals surface area contributed by atoms with E-state index in [1.54, 1.807) is 45.0 Å². The summed E-state index contributed by atoms with van der Waals surface area (Å²) in [6.07, 6.45) is 0. The van der Waals surface area contributed by atoms with Crippen molar-refractivity contribution in [2.45, 2.75) is 27.7 Å². The van der Waals surface area contributed by atoms with Gasteiger partial charge in [0.15, 0.2) is 0 Å². The van der Waals surface area contributed by atoms with E-state index in [1.165, 1.54) is 0 Å². The molecule has 1 unspecified atom stereocenters. The number of aliphatic carboxylic acids is 1. The van der Waals surface area contributed by atoms with Crippen molar-refractivity contribution in [2.24, 2.45) is 11.3 Å². The second-order valence-electron chi connectivity index (χ2n) is 5.58. The van der Waals surface area contributed by atoms with Gasteiger partial charge in [-0.05, 0) is 36.6 Å². The van der Waals surface area contributed by atoms with Gasteiger partial charge in [0, 0.05) is 5.69 Å². The van der Waals surface area contributed by atoms with Crippen LogP contribution in [0.1, 0.15) is 27.7 Å². The number of benzene rings is 1. The van der Waals surface area contributed by atoms with E-state index in [2.05, 4.69) is 5.32 Å². The van der Waals surface area contributed by atoms with Gasteiger partial charge in [0.1, 0.15) is 11.7 Å². The normalized spacial score (nSPS) is 12.6. The van der Waals surface area contributed by atoms with Crippen LogP contribution in [0.3, 0.4) is 0 Å². The minimum Gasteiger partial charge on any atom is -0.494 e. The van der Waals surface area contributed by atoms with Crippen molar-refractivity contribution in [1.82, 2.24) is 0 Å². The molecular weight excluding hydrogens is 258 g/mol. The van der Waals surface area contributed by atoms with E-state index < -0.39 is 23.2 Å². The van der Waals surface area contributed by atoms with E-state index in [9.17, 15) is 14.7 Å². The molecule has 0 aliphatic heterocycles. The molecule has 20 heavy (non-hydrogen) atoms. The van der Waals surface area contributed by atoms with Crippen LogP contribution in [-0.2, 0) is 9.59 Å². The minimum absolute atomic E-state index is 0.519. The Morgan fingerprint density at radius 3 is 2.20 bits per heavy atom. The second-order valence-corrected chi connectivity index (χ2v) is 5.58. The molecule has 0 spiro atoms. The number of carboxylic acid groups (broad SMARTS) is 1. The molecule has 0 bridgehead atoms. The first kappa shape index (κ1) is 16.0. The number of hydrogen-bond acceptors (Lipinski definition) is 3. The monoisotopic (exact) mass is 279 g/mol. The van der Waals surface area contributed by atoms with Crippen LogP contribution < -0.4 is 10.1 Å². The number of ether oxygens (including phenoxy) is 1. The molecule has 1 aromatic carbocycles. The van der Waals surface area contributed by atoms with Crippen LogP contribution in [0.4, 0.5) is 5.69 Å². The molecule has 0 aliphatic carbocycles. The van der Waals surface area contributed by atoms with Crippen molar-refractivity contribution < 1.29 is 19.4 Å². The van der Waals surface area contributed by atoms with E-state index in [0.717, 1.165) is 0 Å². The number of carbonyl (C=O) groups is 2. The van der Waals surface area contributed by atoms with Gasteiger partial charge >= 0.3 is 5.97 Å². The van der Waals surface area contributed by atoms with Gasteiger partial charge in [-0.3, -0.25) is 9.59 Å². The SMILES string of the molecule is CCOc1ccc(NC(=O)C(C(=O)O)C(C)(C)C)cc1. The Hall–Kier alpha value is -2.04. The minimum atomic E-state index is -1.12. The third-order valence-electron chi connectivity index (χ3n) is 2.81. The molecule has 5 nitrogen and oxygen atoms in total. The highest BCUT2D eigenvalue weighted by Gasteiger charge is 2.37. The van der Waals surface area contributed by atoms with Crippen LogP contribution in [0.15, 0.2) is 24.3 Å². The molecule has 5 heteroatoms. The first-order valence-corrected chi connectivity index (χ1v) is 6.52. The van der Waals surface area contributed by atoms with Gasteiger partial charge in [-0.2, -0.15) is 0 Å². The molecule has 1 rings (SSSR count). The van der Waals surface area contributed by atoms with Gasteiger partial charge in [0.25, 0.3) is 0 Å². The summed E-state index contributed by atoms with van der Waals surface area (Å²) in [5, 5.41) is 11.8. The third kappa shape index (κ3) is 4.26. The first-order valence-electron chi connectivity index (χ1n) is 6.52. The molecule has 1 aromatic rings. The van der Waals surface area contributed by atoms with Crippen LogP contribution in [0.2, 0.25) is 0 Å². The summed E-state index contributed by atoms with van der Waals surface area (Å²) in [5.74, 6) is -2.04. The van der Waals surface area contributed by atoms with Crippen LogP contribution >= 0.6 is 0 Å². The lowest BCUT2D eigenvalue weighted by molar-refractivity contribution is -0.149. The van der Waals surface area contributed by atoms with Crippen molar-refractivity contribution in [3.05, 3.63) is 24.3 Å². The van der Waals surface area contributed by atoms with Crippen LogP contribution in [0.25, 0.3) is 0 Å². The molecule has 110 valence electrons. The fourth-order valence-corrected chi connectivity index (χ4v) is 1.89. The molecule has 0 saturated carbocycles. The van der Waals surface area contributed by atoms with Gasteiger partial charge in [0.05, 0.1) is 6.61 Å². The molecule has 0 fully saturated rings. The lowest BCUT2D eigenvalue weighted by atomic mass is 9.80. The van der Waals surface area contributed by atoms with Gasteiger partial charge in [-0.25, -0.2) is 0 Å². The Kier molecular flexibility index (Phi) is 5.13. The third-order valence-corrected chi connectivity index (χ3v) is 2.81. The number of amides is 1. The maximum atomic E-state index is 12.1. The number of anilines is 1. The smallest absolute Gasteiger partial charge is 0.316 e. The number of carboxylic acids is 1. The molecule has 0 radical (unpaired) electrons. The zero-order valence-electron chi connectivity index (χ0n) is 12.3. The maximum Gasteiger partial charge on any atom is 0.316 e. The van der Waals surface area contributed by atoms with Crippen molar-refractivity contribution in [3.63, 3.8) is 0 Å². The summed E-state index contributed by atoms with van der Waals surface area (Å²) in [7, 11) is 0. The number of rotatable bonds is 5. The van der Waals surface area contributed by atoms with Crippen LogP contribution in [0, 0.1) is 11.3 Å². The van der Waals surface area contributed by atoms with Gasteiger partial charge in [-0.1, -0.05) is 20.8 Å². The van der Waals surface area contributed by atoms with E-state index in [4.69, 9.17) is 4.74 Å². The maximum absolute atomic E-state index is 12.1. The highest BCUT2D eigenvalue weighted by atomic mass is 16.5. The molecule has 0 saturated heterocycles. The predicted molar refractivity (Wildman–Crippen MR) is 76.8 cm³/mol. The predicted octanol–water partition coefficient (Wildman–Crippen LogP) is 2.77. The quantitative estimate of drug-likeness (QED) is 0.813.